The Morgan fingerprint density at radius 2 is 1.79 bits per heavy atom. The number of anilines is 2. The summed E-state index contributed by atoms with van der Waals surface area (Å²) in [6, 6.07) is 17.8. The van der Waals surface area contributed by atoms with E-state index in [1.165, 1.54) is 12.8 Å². The van der Waals surface area contributed by atoms with Crippen molar-refractivity contribution in [1.82, 2.24) is 9.71 Å². The monoisotopic (exact) mass is 539 g/mol. The molecule has 0 amide bonds. The second-order valence-electron chi connectivity index (χ2n) is 9.36. The zero-order chi connectivity index (χ0) is 26.8. The van der Waals surface area contributed by atoms with Gasteiger partial charge in [0.2, 0.25) is 10.0 Å². The number of sulfonamides is 1. The Balaban J connectivity index is 1.52. The summed E-state index contributed by atoms with van der Waals surface area (Å²) in [6.45, 7) is 2.93. The van der Waals surface area contributed by atoms with Crippen LogP contribution in [0.15, 0.2) is 67.0 Å². The third-order valence-electron chi connectivity index (χ3n) is 6.43. The molecule has 3 aromatic rings. The van der Waals surface area contributed by atoms with Crippen molar-refractivity contribution in [3.05, 3.63) is 72.6 Å². The topological polar surface area (TPSA) is 90.0 Å². The molecule has 38 heavy (non-hydrogen) atoms. The summed E-state index contributed by atoms with van der Waals surface area (Å²) < 4.78 is 43.9. The van der Waals surface area contributed by atoms with Crippen molar-refractivity contribution in [3.63, 3.8) is 0 Å². The van der Waals surface area contributed by atoms with E-state index < -0.39 is 10.0 Å². The van der Waals surface area contributed by atoms with E-state index in [1.54, 1.807) is 13.3 Å². The number of hydrogen-bond donors (Lipinski definition) is 1. The SMILES string of the molecule is CCCS(=O)(=O)NCCOc1ccc(N(Cc2cccnc2)c2ccc(OC)c(OC3CCCC3)c2)cc1. The number of hydrogen-bond acceptors (Lipinski definition) is 7. The Hall–Kier alpha value is -3.30. The van der Waals surface area contributed by atoms with Crippen LogP contribution in [0.5, 0.6) is 17.2 Å². The molecule has 1 saturated carbocycles. The minimum absolute atomic E-state index is 0.118. The van der Waals surface area contributed by atoms with E-state index in [4.69, 9.17) is 14.2 Å². The molecule has 2 aromatic carbocycles. The molecule has 1 aromatic heterocycles. The van der Waals surface area contributed by atoms with Gasteiger partial charge in [-0.3, -0.25) is 4.98 Å². The van der Waals surface area contributed by atoms with Gasteiger partial charge in [0.1, 0.15) is 12.4 Å². The van der Waals surface area contributed by atoms with Crippen LogP contribution >= 0.6 is 0 Å². The lowest BCUT2D eigenvalue weighted by Gasteiger charge is -2.27. The second kappa shape index (κ2) is 13.5. The molecule has 0 saturated heterocycles. The van der Waals surface area contributed by atoms with Gasteiger partial charge < -0.3 is 19.1 Å². The third kappa shape index (κ3) is 7.85. The smallest absolute Gasteiger partial charge is 0.211 e. The summed E-state index contributed by atoms with van der Waals surface area (Å²) in [5, 5.41) is 0. The molecule has 1 aliphatic rings. The summed E-state index contributed by atoms with van der Waals surface area (Å²) in [7, 11) is -1.58. The predicted octanol–water partition coefficient (Wildman–Crippen LogP) is 5.46. The van der Waals surface area contributed by atoms with Crippen molar-refractivity contribution < 1.29 is 22.6 Å². The van der Waals surface area contributed by atoms with Crippen molar-refractivity contribution in [2.45, 2.75) is 51.7 Å². The van der Waals surface area contributed by atoms with E-state index >= 15 is 0 Å². The van der Waals surface area contributed by atoms with Crippen LogP contribution in [0.1, 0.15) is 44.6 Å². The molecule has 0 unspecified atom stereocenters. The first-order valence-corrected chi connectivity index (χ1v) is 14.8. The van der Waals surface area contributed by atoms with Crippen molar-refractivity contribution in [1.29, 1.82) is 0 Å². The number of ether oxygens (including phenoxy) is 3. The number of aromatic nitrogens is 1. The van der Waals surface area contributed by atoms with Gasteiger partial charge in [-0.05, 0) is 80.1 Å². The zero-order valence-electron chi connectivity index (χ0n) is 22.1. The molecule has 0 atom stereocenters. The average Bonchev–Trinajstić information content (AvgIpc) is 3.44. The van der Waals surface area contributed by atoms with Crippen LogP contribution in [0.3, 0.4) is 0 Å². The summed E-state index contributed by atoms with van der Waals surface area (Å²) in [4.78, 5) is 6.48. The largest absolute Gasteiger partial charge is 0.493 e. The van der Waals surface area contributed by atoms with Gasteiger partial charge in [-0.25, -0.2) is 13.1 Å². The minimum Gasteiger partial charge on any atom is -0.493 e. The highest BCUT2D eigenvalue weighted by molar-refractivity contribution is 7.89. The highest BCUT2D eigenvalue weighted by Crippen LogP contribution is 2.38. The van der Waals surface area contributed by atoms with Gasteiger partial charge in [0.25, 0.3) is 0 Å². The van der Waals surface area contributed by atoms with Crippen molar-refractivity contribution in [2.75, 3.05) is 30.9 Å². The molecule has 0 spiro atoms. The molecule has 1 N–H and O–H groups in total. The Morgan fingerprint density at radius 3 is 2.47 bits per heavy atom. The molecule has 0 aliphatic heterocycles. The number of methoxy groups -OCH3 is 1. The maximum Gasteiger partial charge on any atom is 0.211 e. The minimum atomic E-state index is -3.24. The van der Waals surface area contributed by atoms with Crippen LogP contribution in [0.2, 0.25) is 0 Å². The Bertz CT molecular complexity index is 1250. The summed E-state index contributed by atoms with van der Waals surface area (Å²) >= 11 is 0. The predicted molar refractivity (Wildman–Crippen MR) is 150 cm³/mol. The van der Waals surface area contributed by atoms with Crippen LogP contribution in [0, 0.1) is 0 Å². The summed E-state index contributed by atoms with van der Waals surface area (Å²) in [6.07, 6.45) is 8.94. The van der Waals surface area contributed by atoms with Gasteiger partial charge >= 0.3 is 0 Å². The van der Waals surface area contributed by atoms with Crippen LogP contribution in [0.25, 0.3) is 0 Å². The fourth-order valence-electron chi connectivity index (χ4n) is 4.55. The standard InChI is InChI=1S/C29H37N3O5S/c1-3-19-38(33,34)31-17-18-36-26-13-10-24(11-14-26)32(22-23-7-6-16-30-21-23)25-12-15-28(35-2)29(20-25)37-27-8-4-5-9-27/h6-7,10-16,20-21,27,31H,3-5,8-9,17-19,22H2,1-2H3. The molecular weight excluding hydrogens is 502 g/mol. The molecule has 4 rings (SSSR count). The molecule has 9 heteroatoms. The van der Waals surface area contributed by atoms with Crippen molar-refractivity contribution in [3.8, 4) is 17.2 Å². The van der Waals surface area contributed by atoms with Gasteiger partial charge in [0.05, 0.1) is 19.0 Å². The Morgan fingerprint density at radius 1 is 1.03 bits per heavy atom. The van der Waals surface area contributed by atoms with E-state index in [1.807, 2.05) is 61.7 Å². The summed E-state index contributed by atoms with van der Waals surface area (Å²) in [5.41, 5.74) is 3.02. The first-order valence-electron chi connectivity index (χ1n) is 13.2. The van der Waals surface area contributed by atoms with Crippen LogP contribution in [-0.4, -0.2) is 45.5 Å². The van der Waals surface area contributed by atoms with Crippen molar-refractivity contribution >= 4 is 21.4 Å². The van der Waals surface area contributed by atoms with Crippen molar-refractivity contribution in [2.24, 2.45) is 0 Å². The van der Waals surface area contributed by atoms with E-state index in [2.05, 4.69) is 20.7 Å². The average molecular weight is 540 g/mol. The first kappa shape index (κ1) is 27.7. The fourth-order valence-corrected chi connectivity index (χ4v) is 5.62. The highest BCUT2D eigenvalue weighted by atomic mass is 32.2. The number of nitrogens with zero attached hydrogens (tertiary/aromatic N) is 2. The normalized spacial score (nSPS) is 13.8. The lowest BCUT2D eigenvalue weighted by atomic mass is 10.1. The Kier molecular flexibility index (Phi) is 9.84. The number of rotatable bonds is 14. The molecule has 0 radical (unpaired) electrons. The van der Waals surface area contributed by atoms with Gasteiger partial charge in [0, 0.05) is 42.9 Å². The molecule has 1 fully saturated rings. The molecule has 8 nitrogen and oxygen atoms in total. The van der Waals surface area contributed by atoms with E-state index in [-0.39, 0.29) is 25.0 Å². The number of nitrogens with one attached hydrogen (secondary N) is 1. The third-order valence-corrected chi connectivity index (χ3v) is 8.02. The number of benzene rings is 2. The van der Waals surface area contributed by atoms with Crippen LogP contribution < -0.4 is 23.8 Å². The quantitative estimate of drug-likeness (QED) is 0.272. The maximum atomic E-state index is 11.8. The highest BCUT2D eigenvalue weighted by Gasteiger charge is 2.20. The van der Waals surface area contributed by atoms with Gasteiger partial charge in [-0.1, -0.05) is 13.0 Å². The first-order chi connectivity index (χ1) is 18.5. The number of pyridine rings is 1. The lowest BCUT2D eigenvalue weighted by molar-refractivity contribution is 0.201. The van der Waals surface area contributed by atoms with E-state index in [0.29, 0.717) is 18.7 Å². The molecular formula is C29H37N3O5S. The van der Waals surface area contributed by atoms with Gasteiger partial charge in [-0.15, -0.1) is 0 Å². The van der Waals surface area contributed by atoms with Gasteiger partial charge in [0.15, 0.2) is 11.5 Å². The lowest BCUT2D eigenvalue weighted by Crippen LogP contribution is -2.30. The van der Waals surface area contributed by atoms with Crippen LogP contribution in [0.4, 0.5) is 11.4 Å². The van der Waals surface area contributed by atoms with E-state index in [0.717, 1.165) is 41.3 Å². The molecule has 1 heterocycles. The second-order valence-corrected chi connectivity index (χ2v) is 11.3. The maximum absolute atomic E-state index is 11.8. The summed E-state index contributed by atoms with van der Waals surface area (Å²) in [5.74, 6) is 2.26. The fraction of sp³-hybridized carbons (Fsp3) is 0.414. The molecule has 1 aliphatic carbocycles. The van der Waals surface area contributed by atoms with Crippen LogP contribution in [-0.2, 0) is 16.6 Å². The van der Waals surface area contributed by atoms with Gasteiger partial charge in [-0.2, -0.15) is 0 Å². The van der Waals surface area contributed by atoms with E-state index in [9.17, 15) is 8.42 Å². The Labute approximate surface area is 226 Å². The molecule has 0 bridgehead atoms. The molecule has 204 valence electrons. The zero-order valence-corrected chi connectivity index (χ0v) is 23.0.